The summed E-state index contributed by atoms with van der Waals surface area (Å²) in [6.45, 7) is -2.93. The van der Waals surface area contributed by atoms with Gasteiger partial charge >= 0.3 is 6.61 Å². The number of nitrogen functional groups attached to an aromatic ring is 1. The second kappa shape index (κ2) is 4.52. The molecule has 1 aromatic carbocycles. The molecular formula is C8H8F2N2O2. The summed E-state index contributed by atoms with van der Waals surface area (Å²) in [5.41, 5.74) is 2.76. The topological polar surface area (TPSA) is 64.3 Å². The lowest BCUT2D eigenvalue weighted by Gasteiger charge is -2.07. The molecule has 3 N–H and O–H groups in total. The molecule has 0 aliphatic rings. The molecule has 0 bridgehead atoms. The van der Waals surface area contributed by atoms with Crippen LogP contribution < -0.4 is 16.0 Å². The van der Waals surface area contributed by atoms with Gasteiger partial charge in [-0.3, -0.25) is 10.6 Å². The third-order valence-electron chi connectivity index (χ3n) is 1.46. The molecule has 76 valence electrons. The zero-order valence-electron chi connectivity index (χ0n) is 7.04. The van der Waals surface area contributed by atoms with Crippen LogP contribution in [-0.2, 0) is 0 Å². The number of hydrazine groups is 1. The van der Waals surface area contributed by atoms with Crippen molar-refractivity contribution in [3.05, 3.63) is 23.8 Å². The van der Waals surface area contributed by atoms with Crippen molar-refractivity contribution >= 4 is 12.0 Å². The van der Waals surface area contributed by atoms with Crippen LogP contribution in [0.1, 0.15) is 10.4 Å². The summed E-state index contributed by atoms with van der Waals surface area (Å²) in [6.07, 6.45) is 0.513. The van der Waals surface area contributed by atoms with E-state index in [1.165, 1.54) is 18.2 Å². The standard InChI is InChI=1S/C8H8F2N2O2/c9-8(10)14-7-2-5(4-13)1-6(3-7)12-11/h1-4,8,12H,11H2. The molecular weight excluding hydrogens is 194 g/mol. The van der Waals surface area contributed by atoms with E-state index in [9.17, 15) is 13.6 Å². The summed E-state index contributed by atoms with van der Waals surface area (Å²) in [7, 11) is 0. The number of carbonyl (C=O) groups excluding carboxylic acids is 1. The Balaban J connectivity index is 2.98. The lowest BCUT2D eigenvalue weighted by Crippen LogP contribution is -2.08. The maximum absolute atomic E-state index is 11.8. The van der Waals surface area contributed by atoms with Crippen molar-refractivity contribution in [1.82, 2.24) is 0 Å². The zero-order valence-corrected chi connectivity index (χ0v) is 7.04. The maximum Gasteiger partial charge on any atom is 0.387 e. The second-order valence-electron chi connectivity index (χ2n) is 2.43. The van der Waals surface area contributed by atoms with Crippen LogP contribution >= 0.6 is 0 Å². The number of anilines is 1. The fourth-order valence-electron chi connectivity index (χ4n) is 0.944. The van der Waals surface area contributed by atoms with Crippen LogP contribution in [0.3, 0.4) is 0 Å². The number of rotatable bonds is 4. The Kier molecular flexibility index (Phi) is 3.35. The van der Waals surface area contributed by atoms with Gasteiger partial charge in [-0.2, -0.15) is 8.78 Å². The van der Waals surface area contributed by atoms with Crippen LogP contribution in [0.5, 0.6) is 5.75 Å². The molecule has 0 heterocycles. The van der Waals surface area contributed by atoms with E-state index in [1.54, 1.807) is 0 Å². The number of hydrogen-bond acceptors (Lipinski definition) is 4. The minimum atomic E-state index is -2.93. The number of ether oxygens (including phenoxy) is 1. The first-order chi connectivity index (χ1) is 6.65. The van der Waals surface area contributed by atoms with Crippen molar-refractivity contribution in [2.45, 2.75) is 6.61 Å². The summed E-state index contributed by atoms with van der Waals surface area (Å²) in [5, 5.41) is 0. The molecule has 0 aliphatic heterocycles. The highest BCUT2D eigenvalue weighted by molar-refractivity contribution is 5.78. The molecule has 0 saturated carbocycles. The summed E-state index contributed by atoms with van der Waals surface area (Å²) in [6, 6.07) is 3.87. The van der Waals surface area contributed by atoms with Crippen LogP contribution in [0.2, 0.25) is 0 Å². The van der Waals surface area contributed by atoms with Gasteiger partial charge in [0.15, 0.2) is 0 Å². The van der Waals surface area contributed by atoms with Crippen molar-refractivity contribution in [2.24, 2.45) is 5.84 Å². The Bertz CT molecular complexity index is 331. The zero-order chi connectivity index (χ0) is 10.6. The molecule has 0 saturated heterocycles. The molecule has 0 aromatic heterocycles. The fourth-order valence-corrected chi connectivity index (χ4v) is 0.944. The van der Waals surface area contributed by atoms with Gasteiger partial charge in [0, 0.05) is 11.6 Å². The molecule has 0 radical (unpaired) electrons. The van der Waals surface area contributed by atoms with Gasteiger partial charge in [0.25, 0.3) is 0 Å². The van der Waals surface area contributed by atoms with Gasteiger partial charge in [0.05, 0.1) is 5.69 Å². The SMILES string of the molecule is NNc1cc(C=O)cc(OC(F)F)c1. The molecule has 1 aromatic rings. The van der Waals surface area contributed by atoms with Gasteiger partial charge in [-0.15, -0.1) is 0 Å². The van der Waals surface area contributed by atoms with Gasteiger partial charge in [-0.25, -0.2) is 0 Å². The number of halogens is 2. The summed E-state index contributed by atoms with van der Waals surface area (Å²) >= 11 is 0. The Labute approximate surface area is 78.6 Å². The van der Waals surface area contributed by atoms with Crippen LogP contribution in [0.4, 0.5) is 14.5 Å². The lowest BCUT2D eigenvalue weighted by atomic mass is 10.2. The lowest BCUT2D eigenvalue weighted by molar-refractivity contribution is -0.0498. The van der Waals surface area contributed by atoms with E-state index < -0.39 is 6.61 Å². The number of aldehydes is 1. The predicted molar refractivity (Wildman–Crippen MR) is 46.3 cm³/mol. The van der Waals surface area contributed by atoms with Crippen LogP contribution in [0.15, 0.2) is 18.2 Å². The Hall–Kier alpha value is -1.69. The monoisotopic (exact) mass is 202 g/mol. The molecule has 6 heteroatoms. The van der Waals surface area contributed by atoms with E-state index in [1.807, 2.05) is 0 Å². The molecule has 0 spiro atoms. The van der Waals surface area contributed by atoms with Crippen molar-refractivity contribution in [3.63, 3.8) is 0 Å². The van der Waals surface area contributed by atoms with Crippen LogP contribution in [-0.4, -0.2) is 12.9 Å². The fraction of sp³-hybridized carbons (Fsp3) is 0.125. The van der Waals surface area contributed by atoms with Gasteiger partial charge in [-0.1, -0.05) is 0 Å². The summed E-state index contributed by atoms with van der Waals surface area (Å²) < 4.78 is 27.8. The number of carbonyl (C=O) groups is 1. The highest BCUT2D eigenvalue weighted by Crippen LogP contribution is 2.21. The Morgan fingerprint density at radius 2 is 2.14 bits per heavy atom. The quantitative estimate of drug-likeness (QED) is 0.440. The maximum atomic E-state index is 11.8. The highest BCUT2D eigenvalue weighted by atomic mass is 19.3. The second-order valence-corrected chi connectivity index (χ2v) is 2.43. The average molecular weight is 202 g/mol. The summed E-state index contributed by atoms with van der Waals surface area (Å²) in [4.78, 5) is 10.4. The van der Waals surface area contributed by atoms with E-state index in [0.717, 1.165) is 0 Å². The largest absolute Gasteiger partial charge is 0.435 e. The van der Waals surface area contributed by atoms with Gasteiger partial charge < -0.3 is 10.2 Å². The highest BCUT2D eigenvalue weighted by Gasteiger charge is 2.06. The first kappa shape index (κ1) is 10.4. The van der Waals surface area contributed by atoms with Crippen molar-refractivity contribution < 1.29 is 18.3 Å². The molecule has 0 amide bonds. The number of benzene rings is 1. The van der Waals surface area contributed by atoms with Crippen molar-refractivity contribution in [3.8, 4) is 5.75 Å². The van der Waals surface area contributed by atoms with Crippen LogP contribution in [0.25, 0.3) is 0 Å². The molecule has 14 heavy (non-hydrogen) atoms. The molecule has 0 unspecified atom stereocenters. The number of hydrogen-bond donors (Lipinski definition) is 2. The van der Waals surface area contributed by atoms with E-state index in [4.69, 9.17) is 5.84 Å². The minimum Gasteiger partial charge on any atom is -0.435 e. The summed E-state index contributed by atoms with van der Waals surface area (Å²) in [5.74, 6) is 4.95. The van der Waals surface area contributed by atoms with Gasteiger partial charge in [0.1, 0.15) is 12.0 Å². The Morgan fingerprint density at radius 3 is 2.64 bits per heavy atom. The third kappa shape index (κ3) is 2.67. The number of alkyl halides is 2. The molecule has 1 rings (SSSR count). The minimum absolute atomic E-state index is 0.113. The molecule has 0 aliphatic carbocycles. The molecule has 0 atom stereocenters. The van der Waals surface area contributed by atoms with E-state index >= 15 is 0 Å². The Morgan fingerprint density at radius 1 is 1.43 bits per heavy atom. The first-order valence-electron chi connectivity index (χ1n) is 3.67. The molecule has 0 fully saturated rings. The average Bonchev–Trinajstić information content (AvgIpc) is 2.16. The van der Waals surface area contributed by atoms with E-state index in [-0.39, 0.29) is 11.3 Å². The smallest absolute Gasteiger partial charge is 0.387 e. The van der Waals surface area contributed by atoms with E-state index in [2.05, 4.69) is 10.2 Å². The number of nitrogens with one attached hydrogen (secondary N) is 1. The third-order valence-corrected chi connectivity index (χ3v) is 1.46. The normalized spacial score (nSPS) is 10.0. The predicted octanol–water partition coefficient (Wildman–Crippen LogP) is 1.39. The van der Waals surface area contributed by atoms with Gasteiger partial charge in [0.2, 0.25) is 0 Å². The van der Waals surface area contributed by atoms with Gasteiger partial charge in [-0.05, 0) is 12.1 Å². The van der Waals surface area contributed by atoms with Crippen molar-refractivity contribution in [2.75, 3.05) is 5.43 Å². The molecule has 4 nitrogen and oxygen atoms in total. The number of nitrogens with two attached hydrogens (primary N) is 1. The van der Waals surface area contributed by atoms with E-state index in [0.29, 0.717) is 12.0 Å². The van der Waals surface area contributed by atoms with Crippen LogP contribution in [0, 0.1) is 0 Å². The first-order valence-corrected chi connectivity index (χ1v) is 3.67. The van der Waals surface area contributed by atoms with Crippen molar-refractivity contribution in [1.29, 1.82) is 0 Å².